The number of hydrogen-bond donors (Lipinski definition) is 4. The molecule has 5 nitrogen and oxygen atoms in total. The summed E-state index contributed by atoms with van der Waals surface area (Å²) in [5.41, 5.74) is 0.355. The summed E-state index contributed by atoms with van der Waals surface area (Å²) in [5.74, 6) is 1.13. The molecule has 0 saturated carbocycles. The van der Waals surface area contributed by atoms with Crippen LogP contribution < -0.4 is 10.1 Å². The second-order valence-corrected chi connectivity index (χ2v) is 5.99. The van der Waals surface area contributed by atoms with Crippen molar-refractivity contribution in [2.75, 3.05) is 26.4 Å². The minimum atomic E-state index is -0.753. The lowest BCUT2D eigenvalue weighted by Gasteiger charge is -2.31. The van der Waals surface area contributed by atoms with Gasteiger partial charge in [-0.25, -0.2) is 0 Å². The molecule has 1 atom stereocenters. The van der Waals surface area contributed by atoms with Gasteiger partial charge in [0.05, 0.1) is 18.8 Å². The number of para-hydroxylation sites is 1. The standard InChI is InChI=1S/C17H29NO4/c1-4-17(11-19,12-20)18-9-14(21)10-22-16-8-6-5-7-15(16)13(2)3/h5-8,13-14,18-21H,4,9-12H2,1-3H3/t14-/m1/s1. The second kappa shape index (κ2) is 9.10. The summed E-state index contributed by atoms with van der Waals surface area (Å²) in [5, 5.41) is 31.8. The molecule has 0 aliphatic carbocycles. The zero-order valence-electron chi connectivity index (χ0n) is 13.7. The third-order valence-corrected chi connectivity index (χ3v) is 3.97. The van der Waals surface area contributed by atoms with Gasteiger partial charge in [0.25, 0.3) is 0 Å². The predicted molar refractivity (Wildman–Crippen MR) is 87.2 cm³/mol. The predicted octanol–water partition coefficient (Wildman–Crippen LogP) is 1.27. The van der Waals surface area contributed by atoms with Gasteiger partial charge in [-0.15, -0.1) is 0 Å². The van der Waals surface area contributed by atoms with E-state index < -0.39 is 11.6 Å². The van der Waals surface area contributed by atoms with Crippen molar-refractivity contribution in [2.24, 2.45) is 0 Å². The van der Waals surface area contributed by atoms with Crippen molar-refractivity contribution in [1.29, 1.82) is 0 Å². The number of β-amino-alcohol motifs (C(OH)–C–C–N with tert-alkyl or cyclic N) is 1. The smallest absolute Gasteiger partial charge is 0.122 e. The number of hydrogen-bond acceptors (Lipinski definition) is 5. The maximum Gasteiger partial charge on any atom is 0.122 e. The summed E-state index contributed by atoms with van der Waals surface area (Å²) in [7, 11) is 0. The van der Waals surface area contributed by atoms with E-state index in [-0.39, 0.29) is 26.4 Å². The first-order valence-electron chi connectivity index (χ1n) is 7.84. The number of nitrogens with one attached hydrogen (secondary N) is 1. The number of aliphatic hydroxyl groups excluding tert-OH is 3. The second-order valence-electron chi connectivity index (χ2n) is 5.99. The Bertz CT molecular complexity index is 424. The van der Waals surface area contributed by atoms with Crippen LogP contribution in [0, 0.1) is 0 Å². The van der Waals surface area contributed by atoms with E-state index in [1.807, 2.05) is 31.2 Å². The number of ether oxygens (including phenoxy) is 1. The van der Waals surface area contributed by atoms with E-state index in [1.165, 1.54) is 0 Å². The molecule has 1 rings (SSSR count). The number of rotatable bonds is 10. The van der Waals surface area contributed by atoms with Crippen molar-refractivity contribution < 1.29 is 20.1 Å². The monoisotopic (exact) mass is 311 g/mol. The Balaban J connectivity index is 2.52. The molecule has 0 unspecified atom stereocenters. The van der Waals surface area contributed by atoms with Gasteiger partial charge in [-0.1, -0.05) is 39.0 Å². The Morgan fingerprint density at radius 1 is 1.18 bits per heavy atom. The van der Waals surface area contributed by atoms with Crippen LogP contribution in [-0.2, 0) is 0 Å². The Kier molecular flexibility index (Phi) is 7.82. The van der Waals surface area contributed by atoms with Crippen LogP contribution in [-0.4, -0.2) is 53.3 Å². The molecule has 0 bridgehead atoms. The largest absolute Gasteiger partial charge is 0.491 e. The van der Waals surface area contributed by atoms with Gasteiger partial charge in [0, 0.05) is 6.54 Å². The fourth-order valence-corrected chi connectivity index (χ4v) is 2.18. The number of benzene rings is 1. The molecule has 22 heavy (non-hydrogen) atoms. The number of aliphatic hydroxyl groups is 3. The summed E-state index contributed by atoms with van der Waals surface area (Å²) in [6.07, 6.45) is -0.145. The van der Waals surface area contributed by atoms with Crippen LogP contribution in [0.1, 0.15) is 38.7 Å². The Hall–Kier alpha value is -1.14. The SMILES string of the molecule is CCC(CO)(CO)NC[C@@H](O)COc1ccccc1C(C)C. The first-order chi connectivity index (χ1) is 10.5. The molecule has 0 amide bonds. The summed E-state index contributed by atoms with van der Waals surface area (Å²) in [6.45, 7) is 6.12. The quantitative estimate of drug-likeness (QED) is 0.523. The van der Waals surface area contributed by atoms with Crippen LogP contribution in [0.4, 0.5) is 0 Å². The van der Waals surface area contributed by atoms with Crippen molar-refractivity contribution >= 4 is 0 Å². The van der Waals surface area contributed by atoms with Gasteiger partial charge in [-0.3, -0.25) is 0 Å². The zero-order valence-corrected chi connectivity index (χ0v) is 13.7. The summed E-state index contributed by atoms with van der Waals surface area (Å²) >= 11 is 0. The first kappa shape index (κ1) is 18.9. The lowest BCUT2D eigenvalue weighted by Crippen LogP contribution is -2.54. The van der Waals surface area contributed by atoms with Crippen molar-refractivity contribution in [1.82, 2.24) is 5.32 Å². The molecule has 0 fully saturated rings. The molecule has 4 N–H and O–H groups in total. The van der Waals surface area contributed by atoms with Crippen LogP contribution in [0.25, 0.3) is 0 Å². The van der Waals surface area contributed by atoms with E-state index in [0.29, 0.717) is 12.3 Å². The van der Waals surface area contributed by atoms with Gasteiger partial charge in [-0.2, -0.15) is 0 Å². The highest BCUT2D eigenvalue weighted by atomic mass is 16.5. The molecule has 0 radical (unpaired) electrons. The normalized spacial score (nSPS) is 13.4. The van der Waals surface area contributed by atoms with E-state index in [9.17, 15) is 15.3 Å². The third kappa shape index (κ3) is 5.25. The van der Waals surface area contributed by atoms with Crippen molar-refractivity contribution in [3.8, 4) is 5.75 Å². The molecule has 0 aliphatic rings. The van der Waals surface area contributed by atoms with Gasteiger partial charge < -0.3 is 25.4 Å². The molecule has 0 heterocycles. The van der Waals surface area contributed by atoms with E-state index in [1.54, 1.807) is 0 Å². The fourth-order valence-electron chi connectivity index (χ4n) is 2.18. The summed E-state index contributed by atoms with van der Waals surface area (Å²) in [4.78, 5) is 0. The summed E-state index contributed by atoms with van der Waals surface area (Å²) in [6, 6.07) is 7.79. The first-order valence-corrected chi connectivity index (χ1v) is 7.84. The lowest BCUT2D eigenvalue weighted by molar-refractivity contribution is 0.0566. The van der Waals surface area contributed by atoms with Crippen LogP contribution in [0.3, 0.4) is 0 Å². The lowest BCUT2D eigenvalue weighted by atomic mass is 9.98. The molecular formula is C17H29NO4. The van der Waals surface area contributed by atoms with Gasteiger partial charge in [0.2, 0.25) is 0 Å². The molecular weight excluding hydrogens is 282 g/mol. The minimum absolute atomic E-state index is 0.160. The fraction of sp³-hybridized carbons (Fsp3) is 0.647. The summed E-state index contributed by atoms with van der Waals surface area (Å²) < 4.78 is 5.71. The van der Waals surface area contributed by atoms with E-state index in [0.717, 1.165) is 11.3 Å². The van der Waals surface area contributed by atoms with Gasteiger partial charge >= 0.3 is 0 Å². The van der Waals surface area contributed by atoms with Crippen molar-refractivity contribution in [3.05, 3.63) is 29.8 Å². The molecule has 0 aromatic heterocycles. The van der Waals surface area contributed by atoms with Gasteiger partial charge in [-0.05, 0) is 24.0 Å². The zero-order chi connectivity index (χ0) is 16.6. The van der Waals surface area contributed by atoms with Gasteiger partial charge in [0.15, 0.2) is 0 Å². The van der Waals surface area contributed by atoms with Crippen LogP contribution in [0.5, 0.6) is 5.75 Å². The van der Waals surface area contributed by atoms with Crippen LogP contribution >= 0.6 is 0 Å². The molecule has 1 aromatic rings. The Morgan fingerprint density at radius 3 is 2.36 bits per heavy atom. The van der Waals surface area contributed by atoms with E-state index in [2.05, 4.69) is 19.2 Å². The van der Waals surface area contributed by atoms with Crippen LogP contribution in [0.15, 0.2) is 24.3 Å². The Morgan fingerprint density at radius 2 is 1.82 bits per heavy atom. The average molecular weight is 311 g/mol. The molecule has 1 aromatic carbocycles. The molecule has 0 aliphatic heterocycles. The molecule has 5 heteroatoms. The Labute approximate surface area is 132 Å². The maximum atomic E-state index is 10.0. The van der Waals surface area contributed by atoms with Crippen molar-refractivity contribution in [3.63, 3.8) is 0 Å². The third-order valence-electron chi connectivity index (χ3n) is 3.97. The van der Waals surface area contributed by atoms with Crippen molar-refractivity contribution in [2.45, 2.75) is 44.8 Å². The topological polar surface area (TPSA) is 82.0 Å². The minimum Gasteiger partial charge on any atom is -0.491 e. The van der Waals surface area contributed by atoms with Gasteiger partial charge in [0.1, 0.15) is 18.5 Å². The van der Waals surface area contributed by atoms with Crippen LogP contribution in [0.2, 0.25) is 0 Å². The van der Waals surface area contributed by atoms with E-state index >= 15 is 0 Å². The van der Waals surface area contributed by atoms with E-state index in [4.69, 9.17) is 4.74 Å². The highest BCUT2D eigenvalue weighted by Gasteiger charge is 2.26. The maximum absolute atomic E-state index is 10.0. The molecule has 0 saturated heterocycles. The highest BCUT2D eigenvalue weighted by molar-refractivity contribution is 5.35. The highest BCUT2D eigenvalue weighted by Crippen LogP contribution is 2.25. The molecule has 126 valence electrons. The average Bonchev–Trinajstić information content (AvgIpc) is 2.55. The molecule has 0 spiro atoms.